The van der Waals surface area contributed by atoms with Crippen molar-refractivity contribution in [3.8, 4) is 0 Å². The molecule has 0 aromatic heterocycles. The molecule has 6 atom stereocenters. The third-order valence-electron chi connectivity index (χ3n) is 9.37. The van der Waals surface area contributed by atoms with E-state index in [2.05, 4.69) is 5.32 Å². The van der Waals surface area contributed by atoms with Crippen LogP contribution in [0.4, 0.5) is 13.2 Å². The van der Waals surface area contributed by atoms with Gasteiger partial charge in [0.2, 0.25) is 17.7 Å². The van der Waals surface area contributed by atoms with Crippen molar-refractivity contribution < 1.29 is 42.3 Å². The third kappa shape index (κ3) is 6.23. The van der Waals surface area contributed by atoms with Gasteiger partial charge in [0.1, 0.15) is 12.1 Å². The van der Waals surface area contributed by atoms with Gasteiger partial charge in [-0.1, -0.05) is 34.6 Å². The minimum Gasteiger partial charge on any atom is -0.381 e. The standard InChI is InChI=1S/C28H42F3N5O6/c1-26(2,3)21(33-25(42)28(29,30)31)24(41)36-13-15-18(27(15,4)5)19(36)22(39)32-16(14-35-10-7-6-9-17(35)37)20(38)23(40)34-11-8-12-34/h15-16,18-21,38H,6-14H2,1-5H3,(H,32,39)(H,33,42)/t15-,16-,18-,19-,20+,21+/m0/s1. The quantitative estimate of drug-likeness (QED) is 0.374. The van der Waals surface area contributed by atoms with Crippen LogP contribution in [-0.2, 0) is 24.0 Å². The van der Waals surface area contributed by atoms with E-state index in [9.17, 15) is 42.3 Å². The zero-order valence-corrected chi connectivity index (χ0v) is 24.8. The second-order valence-corrected chi connectivity index (χ2v) is 13.7. The average Bonchev–Trinajstić information content (AvgIpc) is 3.18. The molecule has 0 aromatic rings. The number of aliphatic hydroxyl groups excluding tert-OH is 1. The van der Waals surface area contributed by atoms with E-state index in [-0.39, 0.29) is 36.2 Å². The molecule has 11 nitrogen and oxygen atoms in total. The smallest absolute Gasteiger partial charge is 0.381 e. The minimum absolute atomic E-state index is 0.101. The first-order valence-electron chi connectivity index (χ1n) is 14.6. The van der Waals surface area contributed by atoms with Gasteiger partial charge in [-0.2, -0.15) is 13.2 Å². The van der Waals surface area contributed by atoms with Gasteiger partial charge in [0.05, 0.1) is 6.04 Å². The lowest BCUT2D eigenvalue weighted by molar-refractivity contribution is -0.176. The van der Waals surface area contributed by atoms with Crippen molar-refractivity contribution >= 4 is 29.5 Å². The van der Waals surface area contributed by atoms with E-state index >= 15 is 0 Å². The first kappa shape index (κ1) is 32.0. The first-order valence-corrected chi connectivity index (χ1v) is 14.6. The number of hydrogen-bond donors (Lipinski definition) is 3. The fourth-order valence-electron chi connectivity index (χ4n) is 6.52. The summed E-state index contributed by atoms with van der Waals surface area (Å²) in [4.78, 5) is 69.2. The van der Waals surface area contributed by atoms with Gasteiger partial charge in [-0.15, -0.1) is 0 Å². The summed E-state index contributed by atoms with van der Waals surface area (Å²) in [5, 5.41) is 15.6. The molecule has 4 fully saturated rings. The van der Waals surface area contributed by atoms with E-state index in [1.54, 1.807) is 0 Å². The molecule has 3 saturated heterocycles. The summed E-state index contributed by atoms with van der Waals surface area (Å²) in [5.41, 5.74) is -1.45. The van der Waals surface area contributed by atoms with Crippen LogP contribution in [0.15, 0.2) is 0 Å². The Morgan fingerprint density at radius 2 is 1.64 bits per heavy atom. The summed E-state index contributed by atoms with van der Waals surface area (Å²) >= 11 is 0. The Morgan fingerprint density at radius 3 is 2.17 bits per heavy atom. The van der Waals surface area contributed by atoms with Crippen molar-refractivity contribution in [2.24, 2.45) is 22.7 Å². The molecule has 236 valence electrons. The Kier molecular flexibility index (Phi) is 8.62. The highest BCUT2D eigenvalue weighted by Crippen LogP contribution is 2.65. The molecular weight excluding hydrogens is 559 g/mol. The lowest BCUT2D eigenvalue weighted by atomic mass is 9.85. The van der Waals surface area contributed by atoms with Crippen molar-refractivity contribution in [1.82, 2.24) is 25.3 Å². The van der Waals surface area contributed by atoms with Gasteiger partial charge in [0, 0.05) is 39.1 Å². The van der Waals surface area contributed by atoms with Crippen LogP contribution in [0.5, 0.6) is 0 Å². The predicted octanol–water partition coefficient (Wildman–Crippen LogP) is 0.653. The maximum Gasteiger partial charge on any atom is 0.471 e. The summed E-state index contributed by atoms with van der Waals surface area (Å²) in [5.74, 6) is -4.88. The second kappa shape index (κ2) is 11.3. The van der Waals surface area contributed by atoms with Gasteiger partial charge < -0.3 is 30.4 Å². The number of piperidine rings is 2. The van der Waals surface area contributed by atoms with Gasteiger partial charge in [0.25, 0.3) is 5.91 Å². The molecule has 0 radical (unpaired) electrons. The lowest BCUT2D eigenvalue weighted by Crippen LogP contribution is -2.63. The van der Waals surface area contributed by atoms with Crippen LogP contribution in [0, 0.1) is 22.7 Å². The molecule has 5 amide bonds. The largest absolute Gasteiger partial charge is 0.471 e. The molecule has 0 unspecified atom stereocenters. The lowest BCUT2D eigenvalue weighted by Gasteiger charge is -2.39. The molecule has 4 rings (SSSR count). The molecule has 0 aromatic carbocycles. The molecule has 0 bridgehead atoms. The Labute approximate surface area is 243 Å². The summed E-state index contributed by atoms with van der Waals surface area (Å²) < 4.78 is 39.4. The fourth-order valence-corrected chi connectivity index (χ4v) is 6.52. The maximum absolute atomic E-state index is 13.9. The highest BCUT2D eigenvalue weighted by Gasteiger charge is 2.70. The van der Waals surface area contributed by atoms with Crippen LogP contribution in [0.2, 0.25) is 0 Å². The Balaban J connectivity index is 1.59. The Morgan fingerprint density at radius 1 is 1.00 bits per heavy atom. The van der Waals surface area contributed by atoms with Crippen LogP contribution < -0.4 is 10.6 Å². The van der Waals surface area contributed by atoms with E-state index in [4.69, 9.17) is 0 Å². The number of aliphatic hydroxyl groups is 1. The van der Waals surface area contributed by atoms with Gasteiger partial charge >= 0.3 is 12.1 Å². The monoisotopic (exact) mass is 601 g/mol. The normalized spacial score (nSPS) is 27.4. The number of carbonyl (C=O) groups is 5. The molecular formula is C28H42F3N5O6. The number of likely N-dealkylation sites (tertiary alicyclic amines) is 3. The highest BCUT2D eigenvalue weighted by atomic mass is 19.4. The van der Waals surface area contributed by atoms with E-state index in [1.165, 1.54) is 35.5 Å². The topological polar surface area (TPSA) is 139 Å². The van der Waals surface area contributed by atoms with Crippen LogP contribution in [0.3, 0.4) is 0 Å². The minimum atomic E-state index is -5.20. The molecule has 4 aliphatic rings. The van der Waals surface area contributed by atoms with Gasteiger partial charge in [-0.25, -0.2) is 0 Å². The Bertz CT molecular complexity index is 1120. The summed E-state index contributed by atoms with van der Waals surface area (Å²) in [6.45, 7) is 9.78. The van der Waals surface area contributed by atoms with Gasteiger partial charge in [0.15, 0.2) is 6.10 Å². The van der Waals surface area contributed by atoms with E-state index < -0.39 is 59.4 Å². The first-order chi connectivity index (χ1) is 19.4. The molecule has 3 heterocycles. The number of carbonyl (C=O) groups excluding carboxylic acids is 5. The van der Waals surface area contributed by atoms with E-state index in [0.717, 1.165) is 19.3 Å². The molecule has 0 spiro atoms. The molecule has 3 N–H and O–H groups in total. The SMILES string of the molecule is CC(C)(C)[C@H](NC(=O)C(F)(F)F)C(=O)N1C[C@H]2[C@@H]([C@H]1C(=O)N[C@@H](CN1CCCCC1=O)[C@@H](O)C(=O)N1CCC1)C2(C)C. The number of fused-ring (bicyclic) bond motifs is 1. The van der Waals surface area contributed by atoms with E-state index in [0.29, 0.717) is 26.1 Å². The zero-order chi connectivity index (χ0) is 31.4. The number of nitrogens with zero attached hydrogens (tertiary/aromatic N) is 3. The molecule has 1 saturated carbocycles. The Hall–Kier alpha value is -2.90. The summed E-state index contributed by atoms with van der Waals surface area (Å²) in [6, 6.07) is -3.83. The highest BCUT2D eigenvalue weighted by molar-refractivity contribution is 5.95. The predicted molar refractivity (Wildman–Crippen MR) is 143 cm³/mol. The maximum atomic E-state index is 13.9. The molecule has 1 aliphatic carbocycles. The van der Waals surface area contributed by atoms with Crippen molar-refractivity contribution in [3.63, 3.8) is 0 Å². The second-order valence-electron chi connectivity index (χ2n) is 13.7. The average molecular weight is 602 g/mol. The van der Waals surface area contributed by atoms with E-state index in [1.807, 2.05) is 19.2 Å². The molecule has 14 heteroatoms. The van der Waals surface area contributed by atoms with Gasteiger partial charge in [-0.3, -0.25) is 24.0 Å². The van der Waals surface area contributed by atoms with Crippen LogP contribution in [0.25, 0.3) is 0 Å². The molecule has 42 heavy (non-hydrogen) atoms. The van der Waals surface area contributed by atoms with Crippen LogP contribution in [0.1, 0.15) is 60.3 Å². The third-order valence-corrected chi connectivity index (χ3v) is 9.37. The number of hydrogen-bond acceptors (Lipinski definition) is 6. The van der Waals surface area contributed by atoms with Crippen molar-refractivity contribution in [2.45, 2.75) is 90.7 Å². The summed E-state index contributed by atoms with van der Waals surface area (Å²) in [6.07, 6.45) is -4.27. The molecule has 3 aliphatic heterocycles. The number of rotatable bonds is 8. The number of alkyl halides is 3. The number of amides is 5. The van der Waals surface area contributed by atoms with Crippen LogP contribution in [-0.4, -0.2) is 112 Å². The fraction of sp³-hybridized carbons (Fsp3) is 0.821. The zero-order valence-electron chi connectivity index (χ0n) is 24.8. The van der Waals surface area contributed by atoms with Crippen molar-refractivity contribution in [2.75, 3.05) is 32.7 Å². The van der Waals surface area contributed by atoms with Crippen molar-refractivity contribution in [1.29, 1.82) is 0 Å². The van der Waals surface area contributed by atoms with Gasteiger partial charge in [-0.05, 0) is 41.9 Å². The number of halogens is 3. The van der Waals surface area contributed by atoms with Crippen LogP contribution >= 0.6 is 0 Å². The number of nitrogens with one attached hydrogen (secondary N) is 2. The van der Waals surface area contributed by atoms with Crippen molar-refractivity contribution in [3.05, 3.63) is 0 Å². The summed E-state index contributed by atoms with van der Waals surface area (Å²) in [7, 11) is 0.